The van der Waals surface area contributed by atoms with Gasteiger partial charge >= 0.3 is 5.69 Å². The fraction of sp³-hybridized carbons (Fsp3) is 0.560. The molecule has 2 fully saturated rings. The Morgan fingerprint density at radius 3 is 2.57 bits per heavy atom. The van der Waals surface area contributed by atoms with Crippen molar-refractivity contribution in [2.24, 2.45) is 5.73 Å². The molecule has 1 aromatic carbocycles. The van der Waals surface area contributed by atoms with Gasteiger partial charge in [0.25, 0.3) is 11.5 Å². The van der Waals surface area contributed by atoms with Gasteiger partial charge in [-0.1, -0.05) is 0 Å². The van der Waals surface area contributed by atoms with E-state index in [2.05, 4.69) is 4.98 Å². The zero-order chi connectivity index (χ0) is 25.2. The van der Waals surface area contributed by atoms with Gasteiger partial charge in [-0.2, -0.15) is 0 Å². The first kappa shape index (κ1) is 25.2. The van der Waals surface area contributed by atoms with Crippen molar-refractivity contribution in [1.29, 1.82) is 0 Å². The van der Waals surface area contributed by atoms with Crippen molar-refractivity contribution in [1.82, 2.24) is 14.5 Å². The van der Waals surface area contributed by atoms with Crippen LogP contribution in [0.1, 0.15) is 54.6 Å². The Bertz CT molecular complexity index is 1160. The number of carbonyl (C=O) groups excluding carboxylic acids is 1. The molecule has 3 heterocycles. The van der Waals surface area contributed by atoms with Crippen molar-refractivity contribution >= 4 is 5.91 Å². The predicted octanol–water partition coefficient (Wildman–Crippen LogP) is 0.960. The van der Waals surface area contributed by atoms with Crippen molar-refractivity contribution in [3.63, 3.8) is 0 Å². The molecule has 1 spiro atoms. The monoisotopic (exact) mass is 486 g/mol. The average molecular weight is 487 g/mol. The molecule has 0 radical (unpaired) electrons. The Morgan fingerprint density at radius 2 is 1.94 bits per heavy atom. The first-order valence-electron chi connectivity index (χ1n) is 12.0. The summed E-state index contributed by atoms with van der Waals surface area (Å²) in [6.45, 7) is 5.57. The van der Waals surface area contributed by atoms with Gasteiger partial charge in [0.15, 0.2) is 0 Å². The number of nitrogens with zero attached hydrogens (tertiary/aromatic N) is 2. The average Bonchev–Trinajstić information content (AvgIpc) is 2.82. The second-order valence-corrected chi connectivity index (χ2v) is 9.83. The number of nitrogens with two attached hydrogens (primary N) is 1. The number of piperidine rings is 1. The molecule has 1 aromatic heterocycles. The van der Waals surface area contributed by atoms with Crippen LogP contribution in [-0.4, -0.2) is 69.5 Å². The third-order valence-corrected chi connectivity index (χ3v) is 7.11. The molecule has 2 aromatic rings. The summed E-state index contributed by atoms with van der Waals surface area (Å²) >= 11 is 0. The fourth-order valence-corrected chi connectivity index (χ4v) is 5.04. The van der Waals surface area contributed by atoms with E-state index in [1.165, 1.54) is 10.8 Å². The lowest BCUT2D eigenvalue weighted by Crippen LogP contribution is -2.59. The van der Waals surface area contributed by atoms with E-state index in [1.54, 1.807) is 43.0 Å². The lowest BCUT2D eigenvalue weighted by atomic mass is 9.75. The Labute approximate surface area is 203 Å². The van der Waals surface area contributed by atoms with E-state index in [9.17, 15) is 19.5 Å². The first-order valence-corrected chi connectivity index (χ1v) is 12.0. The molecule has 2 atom stereocenters. The minimum atomic E-state index is -1.22. The van der Waals surface area contributed by atoms with Crippen LogP contribution in [0.5, 0.6) is 5.75 Å². The van der Waals surface area contributed by atoms with Crippen LogP contribution in [0.25, 0.3) is 0 Å². The number of hydrogen-bond donors (Lipinski definition) is 3. The lowest BCUT2D eigenvalue weighted by Gasteiger charge is -2.51. The summed E-state index contributed by atoms with van der Waals surface area (Å²) in [5.41, 5.74) is 3.66. The highest BCUT2D eigenvalue weighted by Gasteiger charge is 2.50. The molecule has 0 saturated carbocycles. The molecular formula is C25H34N4O6. The van der Waals surface area contributed by atoms with Crippen LogP contribution >= 0.6 is 0 Å². The van der Waals surface area contributed by atoms with Gasteiger partial charge in [-0.3, -0.25) is 19.1 Å². The molecule has 4 rings (SSSR count). The summed E-state index contributed by atoms with van der Waals surface area (Å²) in [6.07, 6.45) is 3.74. The molecule has 10 heteroatoms. The summed E-state index contributed by atoms with van der Waals surface area (Å²) in [5.74, 6) is 0.654. The predicted molar refractivity (Wildman–Crippen MR) is 130 cm³/mol. The molecule has 0 unspecified atom stereocenters. The number of hydrogen-bond acceptors (Lipinski definition) is 7. The number of aliphatic hydroxyl groups is 1. The molecule has 4 N–H and O–H groups in total. The van der Waals surface area contributed by atoms with Gasteiger partial charge in [-0.25, -0.2) is 4.79 Å². The van der Waals surface area contributed by atoms with Gasteiger partial charge in [0.05, 0.1) is 30.5 Å². The van der Waals surface area contributed by atoms with Crippen LogP contribution in [0, 0.1) is 6.92 Å². The van der Waals surface area contributed by atoms with E-state index in [-0.39, 0.29) is 12.5 Å². The highest BCUT2D eigenvalue weighted by molar-refractivity contribution is 5.94. The maximum atomic E-state index is 13.0. The Balaban J connectivity index is 1.38. The molecule has 2 aliphatic heterocycles. The summed E-state index contributed by atoms with van der Waals surface area (Å²) < 4.78 is 13.2. The van der Waals surface area contributed by atoms with E-state index in [1.807, 2.05) is 0 Å². The van der Waals surface area contributed by atoms with Crippen LogP contribution in [0.2, 0.25) is 0 Å². The van der Waals surface area contributed by atoms with Gasteiger partial charge < -0.3 is 25.2 Å². The summed E-state index contributed by atoms with van der Waals surface area (Å²) in [4.78, 5) is 41.2. The largest absolute Gasteiger partial charge is 0.494 e. The number of aromatic nitrogens is 2. The standard InChI is InChI=1S/C25H34N4O6/c1-17-14-29(23(32)27-21(17)30)20-15-35-25(16-24(20,2)33)8-11-28(12-9-25)22(31)18-4-6-19(7-5-18)34-13-3-10-26/h4-7,14,20,33H,3,8-13,15-16,26H2,1-2H3,(H,27,30,32)/t20-,24-/m0/s1. The maximum absolute atomic E-state index is 13.0. The number of aryl methyl sites for hydroxylation is 1. The van der Waals surface area contributed by atoms with Gasteiger partial charge in [-0.15, -0.1) is 0 Å². The Hall–Kier alpha value is -2.95. The summed E-state index contributed by atoms with van der Waals surface area (Å²) in [6, 6.07) is 6.48. The highest BCUT2D eigenvalue weighted by Crippen LogP contribution is 2.43. The number of likely N-dealkylation sites (tertiary alicyclic amines) is 1. The van der Waals surface area contributed by atoms with Crippen molar-refractivity contribution in [3.05, 3.63) is 62.4 Å². The van der Waals surface area contributed by atoms with Crippen molar-refractivity contribution in [2.45, 2.75) is 56.8 Å². The second kappa shape index (κ2) is 9.96. The molecule has 190 valence electrons. The number of ether oxygens (including phenoxy) is 2. The quantitative estimate of drug-likeness (QED) is 0.517. The van der Waals surface area contributed by atoms with Crippen LogP contribution < -0.4 is 21.7 Å². The van der Waals surface area contributed by atoms with Crippen LogP contribution in [0.4, 0.5) is 0 Å². The third kappa shape index (κ3) is 5.34. The number of nitrogens with one attached hydrogen (secondary N) is 1. The molecule has 2 saturated heterocycles. The lowest BCUT2D eigenvalue weighted by molar-refractivity contribution is -0.195. The molecule has 35 heavy (non-hydrogen) atoms. The van der Waals surface area contributed by atoms with Crippen molar-refractivity contribution in [3.8, 4) is 5.75 Å². The molecule has 1 amide bonds. The normalized spacial score (nSPS) is 23.9. The number of H-pyrrole nitrogens is 1. The number of rotatable bonds is 6. The number of carbonyl (C=O) groups is 1. The fourth-order valence-electron chi connectivity index (χ4n) is 5.04. The smallest absolute Gasteiger partial charge is 0.328 e. The minimum Gasteiger partial charge on any atom is -0.494 e. The number of amides is 1. The Morgan fingerprint density at radius 1 is 1.26 bits per heavy atom. The van der Waals surface area contributed by atoms with Gasteiger partial charge in [0.1, 0.15) is 5.75 Å². The van der Waals surface area contributed by atoms with E-state index in [0.717, 1.165) is 6.42 Å². The molecule has 10 nitrogen and oxygen atoms in total. The molecule has 0 aliphatic carbocycles. The second-order valence-electron chi connectivity index (χ2n) is 9.83. The molecule has 0 bridgehead atoms. The number of benzene rings is 1. The van der Waals surface area contributed by atoms with E-state index >= 15 is 0 Å². The SMILES string of the molecule is Cc1cn([C@H]2COC3(CCN(C(=O)c4ccc(OCCCN)cc4)CC3)C[C@]2(C)O)c(=O)[nH]c1=O. The molecular weight excluding hydrogens is 452 g/mol. The zero-order valence-electron chi connectivity index (χ0n) is 20.3. The highest BCUT2D eigenvalue weighted by atomic mass is 16.5. The number of aromatic amines is 1. The molecule has 2 aliphatic rings. The van der Waals surface area contributed by atoms with Crippen molar-refractivity contribution < 1.29 is 19.4 Å². The Kier molecular flexibility index (Phi) is 7.16. The summed E-state index contributed by atoms with van der Waals surface area (Å²) in [7, 11) is 0. The third-order valence-electron chi connectivity index (χ3n) is 7.11. The van der Waals surface area contributed by atoms with Gasteiger partial charge in [-0.05, 0) is 63.9 Å². The topological polar surface area (TPSA) is 140 Å². The van der Waals surface area contributed by atoms with E-state index in [0.29, 0.717) is 62.4 Å². The first-order chi connectivity index (χ1) is 16.6. The van der Waals surface area contributed by atoms with Crippen LogP contribution in [-0.2, 0) is 4.74 Å². The van der Waals surface area contributed by atoms with Crippen LogP contribution in [0.15, 0.2) is 40.1 Å². The van der Waals surface area contributed by atoms with Gasteiger partial charge in [0.2, 0.25) is 0 Å². The minimum absolute atomic E-state index is 0.0518. The van der Waals surface area contributed by atoms with Crippen LogP contribution in [0.3, 0.4) is 0 Å². The zero-order valence-corrected chi connectivity index (χ0v) is 20.3. The van der Waals surface area contributed by atoms with Crippen molar-refractivity contribution in [2.75, 3.05) is 32.8 Å². The summed E-state index contributed by atoms with van der Waals surface area (Å²) in [5, 5.41) is 11.3. The van der Waals surface area contributed by atoms with Gasteiger partial charge in [0, 0.05) is 36.8 Å². The van der Waals surface area contributed by atoms with E-state index < -0.39 is 28.5 Å². The van der Waals surface area contributed by atoms with E-state index in [4.69, 9.17) is 15.2 Å². The maximum Gasteiger partial charge on any atom is 0.328 e.